The molecule has 0 spiro atoms. The topological polar surface area (TPSA) is 57.8 Å². The number of carbonyl (C=O) groups is 1. The third-order valence-corrected chi connectivity index (χ3v) is 1.41. The fourth-order valence-electron chi connectivity index (χ4n) is 0.844. The molecule has 4 nitrogen and oxygen atoms in total. The largest absolute Gasteiger partial charge is 0.352 e. The van der Waals surface area contributed by atoms with E-state index in [-0.39, 0.29) is 5.91 Å². The number of hydrogen-bond acceptors (Lipinski definition) is 2. The van der Waals surface area contributed by atoms with Gasteiger partial charge in [-0.05, 0) is 13.8 Å². The monoisotopic (exact) mass is 153 g/mol. The molecule has 0 aliphatic rings. The first-order valence-corrected chi connectivity index (χ1v) is 3.54. The van der Waals surface area contributed by atoms with Crippen LogP contribution in [0.3, 0.4) is 0 Å². The third-order valence-electron chi connectivity index (χ3n) is 1.41. The van der Waals surface area contributed by atoms with Crippen molar-refractivity contribution in [2.75, 3.05) is 6.54 Å². The van der Waals surface area contributed by atoms with Gasteiger partial charge in [0.05, 0.1) is 11.3 Å². The standard InChI is InChI=1S/C7H11N3O/c1-3-8-7(11)6-4-9-10-5(6)2/h4H,3H2,1-2H3,(H,8,11)(H,9,10). The molecule has 0 unspecified atom stereocenters. The van der Waals surface area contributed by atoms with Crippen molar-refractivity contribution >= 4 is 5.91 Å². The van der Waals surface area contributed by atoms with Gasteiger partial charge in [0.15, 0.2) is 0 Å². The highest BCUT2D eigenvalue weighted by Gasteiger charge is 2.08. The van der Waals surface area contributed by atoms with Crippen LogP contribution in [0.5, 0.6) is 0 Å². The van der Waals surface area contributed by atoms with Crippen molar-refractivity contribution in [2.24, 2.45) is 0 Å². The Kier molecular flexibility index (Phi) is 2.25. The fraction of sp³-hybridized carbons (Fsp3) is 0.429. The van der Waals surface area contributed by atoms with Crippen molar-refractivity contribution in [2.45, 2.75) is 13.8 Å². The average Bonchev–Trinajstić information content (AvgIpc) is 2.36. The predicted octanol–water partition coefficient (Wildman–Crippen LogP) is 0.468. The highest BCUT2D eigenvalue weighted by Crippen LogP contribution is 2.00. The lowest BCUT2D eigenvalue weighted by atomic mass is 10.2. The minimum atomic E-state index is -0.0706. The number of carbonyl (C=O) groups excluding carboxylic acids is 1. The molecule has 4 heteroatoms. The zero-order chi connectivity index (χ0) is 8.27. The summed E-state index contributed by atoms with van der Waals surface area (Å²) >= 11 is 0. The summed E-state index contributed by atoms with van der Waals surface area (Å²) in [6.45, 7) is 4.32. The zero-order valence-electron chi connectivity index (χ0n) is 6.64. The number of aryl methyl sites for hydroxylation is 1. The van der Waals surface area contributed by atoms with Gasteiger partial charge < -0.3 is 5.32 Å². The molecule has 0 saturated heterocycles. The Morgan fingerprint density at radius 1 is 1.82 bits per heavy atom. The van der Waals surface area contributed by atoms with Crippen LogP contribution in [0.4, 0.5) is 0 Å². The minimum absolute atomic E-state index is 0.0706. The van der Waals surface area contributed by atoms with E-state index in [0.717, 1.165) is 5.69 Å². The molecule has 0 bridgehead atoms. The summed E-state index contributed by atoms with van der Waals surface area (Å²) in [6, 6.07) is 0. The molecule has 60 valence electrons. The second kappa shape index (κ2) is 3.18. The maximum atomic E-state index is 11.2. The summed E-state index contributed by atoms with van der Waals surface area (Å²) in [5.41, 5.74) is 1.35. The van der Waals surface area contributed by atoms with Gasteiger partial charge in [0.25, 0.3) is 5.91 Å². The second-order valence-corrected chi connectivity index (χ2v) is 2.24. The van der Waals surface area contributed by atoms with E-state index in [4.69, 9.17) is 0 Å². The predicted molar refractivity (Wildman–Crippen MR) is 41.3 cm³/mol. The van der Waals surface area contributed by atoms with Gasteiger partial charge in [0, 0.05) is 12.7 Å². The molecule has 0 saturated carbocycles. The number of aromatic nitrogens is 2. The average molecular weight is 153 g/mol. The van der Waals surface area contributed by atoms with E-state index >= 15 is 0 Å². The first kappa shape index (κ1) is 7.78. The molecule has 1 aromatic rings. The van der Waals surface area contributed by atoms with E-state index in [1.54, 1.807) is 13.1 Å². The van der Waals surface area contributed by atoms with Gasteiger partial charge >= 0.3 is 0 Å². The van der Waals surface area contributed by atoms with Crippen LogP contribution in [-0.2, 0) is 0 Å². The zero-order valence-corrected chi connectivity index (χ0v) is 6.64. The molecular weight excluding hydrogens is 142 g/mol. The van der Waals surface area contributed by atoms with Gasteiger partial charge in [-0.3, -0.25) is 9.89 Å². The highest BCUT2D eigenvalue weighted by atomic mass is 16.1. The van der Waals surface area contributed by atoms with Crippen molar-refractivity contribution in [3.63, 3.8) is 0 Å². The first-order chi connectivity index (χ1) is 5.25. The number of aromatic amines is 1. The van der Waals surface area contributed by atoms with Gasteiger partial charge in [-0.2, -0.15) is 5.10 Å². The molecule has 0 fully saturated rings. The number of H-pyrrole nitrogens is 1. The molecule has 0 atom stereocenters. The van der Waals surface area contributed by atoms with E-state index in [0.29, 0.717) is 12.1 Å². The van der Waals surface area contributed by atoms with Crippen molar-refractivity contribution < 1.29 is 4.79 Å². The lowest BCUT2D eigenvalue weighted by Gasteiger charge is -1.97. The molecule has 1 rings (SSSR count). The maximum Gasteiger partial charge on any atom is 0.254 e. The summed E-state index contributed by atoms with van der Waals surface area (Å²) < 4.78 is 0. The van der Waals surface area contributed by atoms with Gasteiger partial charge in [0.2, 0.25) is 0 Å². The van der Waals surface area contributed by atoms with E-state index in [9.17, 15) is 4.79 Å². The normalized spacial score (nSPS) is 9.64. The fourth-order valence-corrected chi connectivity index (χ4v) is 0.844. The number of rotatable bonds is 2. The maximum absolute atomic E-state index is 11.2. The minimum Gasteiger partial charge on any atom is -0.352 e. The van der Waals surface area contributed by atoms with Crippen LogP contribution >= 0.6 is 0 Å². The summed E-state index contributed by atoms with van der Waals surface area (Å²) in [6.07, 6.45) is 1.60. The van der Waals surface area contributed by atoms with Crippen LogP contribution in [-0.4, -0.2) is 22.6 Å². The van der Waals surface area contributed by atoms with Gasteiger partial charge in [-0.25, -0.2) is 0 Å². The molecule has 2 N–H and O–H groups in total. The van der Waals surface area contributed by atoms with E-state index in [1.807, 2.05) is 6.92 Å². The Morgan fingerprint density at radius 3 is 3.00 bits per heavy atom. The van der Waals surface area contributed by atoms with Crippen LogP contribution in [0, 0.1) is 6.92 Å². The molecule has 1 aromatic heterocycles. The number of nitrogens with one attached hydrogen (secondary N) is 2. The van der Waals surface area contributed by atoms with Gasteiger partial charge in [-0.15, -0.1) is 0 Å². The Bertz CT molecular complexity index is 254. The van der Waals surface area contributed by atoms with Gasteiger partial charge in [0.1, 0.15) is 0 Å². The Morgan fingerprint density at radius 2 is 2.55 bits per heavy atom. The Hall–Kier alpha value is -1.32. The first-order valence-electron chi connectivity index (χ1n) is 3.54. The molecule has 1 amide bonds. The lowest BCUT2D eigenvalue weighted by Crippen LogP contribution is -2.22. The molecule has 11 heavy (non-hydrogen) atoms. The summed E-state index contributed by atoms with van der Waals surface area (Å²) in [5.74, 6) is -0.0706. The van der Waals surface area contributed by atoms with E-state index in [2.05, 4.69) is 15.5 Å². The summed E-state index contributed by atoms with van der Waals surface area (Å²) in [5, 5.41) is 9.15. The number of amides is 1. The SMILES string of the molecule is CCNC(=O)c1c[nH]nc1C. The van der Waals surface area contributed by atoms with Crippen LogP contribution in [0.1, 0.15) is 23.0 Å². The van der Waals surface area contributed by atoms with Gasteiger partial charge in [-0.1, -0.05) is 0 Å². The Labute approximate surface area is 65.0 Å². The molecular formula is C7H11N3O. The van der Waals surface area contributed by atoms with Crippen LogP contribution in [0.25, 0.3) is 0 Å². The van der Waals surface area contributed by atoms with Crippen molar-refractivity contribution in [1.29, 1.82) is 0 Å². The smallest absolute Gasteiger partial charge is 0.254 e. The summed E-state index contributed by atoms with van der Waals surface area (Å²) in [4.78, 5) is 11.2. The molecule has 0 aliphatic heterocycles. The van der Waals surface area contributed by atoms with Crippen molar-refractivity contribution in [3.8, 4) is 0 Å². The number of hydrogen-bond donors (Lipinski definition) is 2. The summed E-state index contributed by atoms with van der Waals surface area (Å²) in [7, 11) is 0. The van der Waals surface area contributed by atoms with E-state index < -0.39 is 0 Å². The molecule has 0 radical (unpaired) electrons. The molecule has 0 aliphatic carbocycles. The quantitative estimate of drug-likeness (QED) is 0.648. The van der Waals surface area contributed by atoms with Crippen LogP contribution in [0.15, 0.2) is 6.20 Å². The van der Waals surface area contributed by atoms with E-state index in [1.165, 1.54) is 0 Å². The second-order valence-electron chi connectivity index (χ2n) is 2.24. The highest BCUT2D eigenvalue weighted by molar-refractivity contribution is 5.94. The van der Waals surface area contributed by atoms with Crippen molar-refractivity contribution in [3.05, 3.63) is 17.5 Å². The third kappa shape index (κ3) is 1.58. The lowest BCUT2D eigenvalue weighted by molar-refractivity contribution is 0.0955. The molecule has 0 aromatic carbocycles. The molecule has 1 heterocycles. The van der Waals surface area contributed by atoms with Crippen LogP contribution < -0.4 is 5.32 Å². The Balaban J connectivity index is 2.76. The number of nitrogens with zero attached hydrogens (tertiary/aromatic N) is 1. The van der Waals surface area contributed by atoms with Crippen LogP contribution in [0.2, 0.25) is 0 Å². The van der Waals surface area contributed by atoms with Crippen molar-refractivity contribution in [1.82, 2.24) is 15.5 Å².